The van der Waals surface area contributed by atoms with E-state index in [9.17, 15) is 9.90 Å². The molecular formula is C24H31N3O5. The van der Waals surface area contributed by atoms with Crippen LogP contribution in [0.4, 0.5) is 11.4 Å². The molecule has 0 saturated carbocycles. The smallest absolute Gasteiger partial charge is 0.224 e. The largest absolute Gasteiger partial charge is 0.490 e. The fourth-order valence-electron chi connectivity index (χ4n) is 4.21. The lowest BCUT2D eigenvalue weighted by Gasteiger charge is -2.36. The first-order valence-electron chi connectivity index (χ1n) is 11.2. The maximum absolute atomic E-state index is 11.9. The predicted octanol–water partition coefficient (Wildman–Crippen LogP) is 1.50. The topological polar surface area (TPSA) is 94.5 Å². The van der Waals surface area contributed by atoms with E-state index in [0.717, 1.165) is 31.7 Å². The molecule has 0 bridgehead atoms. The quantitative estimate of drug-likeness (QED) is 0.543. The fraction of sp³-hybridized carbons (Fsp3) is 0.458. The molecule has 4 rings (SSSR count). The van der Waals surface area contributed by atoms with Gasteiger partial charge in [-0.05, 0) is 30.7 Å². The number of aliphatic hydroxyl groups excluding tert-OH is 2. The summed E-state index contributed by atoms with van der Waals surface area (Å²) < 4.78 is 11.5. The van der Waals surface area contributed by atoms with Gasteiger partial charge in [0, 0.05) is 50.4 Å². The average molecular weight is 442 g/mol. The molecule has 1 amide bonds. The third kappa shape index (κ3) is 5.51. The normalized spacial score (nSPS) is 17.4. The highest BCUT2D eigenvalue weighted by atomic mass is 16.5. The van der Waals surface area contributed by atoms with Crippen molar-refractivity contribution in [2.75, 3.05) is 62.8 Å². The van der Waals surface area contributed by atoms with Crippen LogP contribution in [0.15, 0.2) is 42.5 Å². The molecule has 1 atom stereocenters. The van der Waals surface area contributed by atoms with Crippen molar-refractivity contribution in [3.8, 4) is 11.5 Å². The molecule has 0 spiro atoms. The van der Waals surface area contributed by atoms with E-state index in [-0.39, 0.29) is 25.7 Å². The molecule has 2 heterocycles. The number of piperazine rings is 1. The summed E-state index contributed by atoms with van der Waals surface area (Å²) in [6.45, 7) is 4.43. The molecule has 1 unspecified atom stereocenters. The van der Waals surface area contributed by atoms with Crippen molar-refractivity contribution in [1.82, 2.24) is 4.90 Å². The number of ether oxygens (including phenoxy) is 2. The number of anilines is 2. The highest BCUT2D eigenvalue weighted by molar-refractivity contribution is 5.96. The van der Waals surface area contributed by atoms with Crippen LogP contribution in [-0.4, -0.2) is 79.7 Å². The van der Waals surface area contributed by atoms with Gasteiger partial charge in [-0.2, -0.15) is 0 Å². The summed E-state index contributed by atoms with van der Waals surface area (Å²) in [6.07, 6.45) is 0.309. The maximum atomic E-state index is 11.9. The van der Waals surface area contributed by atoms with Crippen LogP contribution in [0.5, 0.6) is 11.5 Å². The number of nitrogens with zero attached hydrogens (tertiary/aromatic N) is 2. The van der Waals surface area contributed by atoms with E-state index in [0.29, 0.717) is 36.6 Å². The molecule has 0 aliphatic carbocycles. The van der Waals surface area contributed by atoms with Crippen molar-refractivity contribution in [3.63, 3.8) is 0 Å². The molecule has 32 heavy (non-hydrogen) atoms. The van der Waals surface area contributed by atoms with E-state index < -0.39 is 6.10 Å². The Bertz CT molecular complexity index is 900. The maximum Gasteiger partial charge on any atom is 0.224 e. The minimum absolute atomic E-state index is 0.0711. The summed E-state index contributed by atoms with van der Waals surface area (Å²) in [5, 5.41) is 22.4. The standard InChI is InChI=1S/C24H31N3O5/c28-14-15-31-22-8-7-21(20-6-9-23(30)25-24(20)22)32-17-19(29)16-26-10-12-27(13-11-26)18-4-2-1-3-5-18/h1-5,7-8,19,28-29H,6,9-17H2,(H,25,30). The van der Waals surface area contributed by atoms with Crippen LogP contribution in [-0.2, 0) is 11.2 Å². The Balaban J connectivity index is 1.30. The summed E-state index contributed by atoms with van der Waals surface area (Å²) in [6, 6.07) is 13.9. The summed E-state index contributed by atoms with van der Waals surface area (Å²) in [7, 11) is 0. The van der Waals surface area contributed by atoms with Gasteiger partial charge < -0.3 is 29.9 Å². The number of carbonyl (C=O) groups is 1. The zero-order valence-electron chi connectivity index (χ0n) is 18.2. The molecule has 2 aromatic rings. The van der Waals surface area contributed by atoms with E-state index in [1.807, 2.05) is 6.07 Å². The van der Waals surface area contributed by atoms with Gasteiger partial charge in [-0.3, -0.25) is 9.69 Å². The number of hydrogen-bond donors (Lipinski definition) is 3. The van der Waals surface area contributed by atoms with Crippen LogP contribution in [0.2, 0.25) is 0 Å². The van der Waals surface area contributed by atoms with Gasteiger partial charge >= 0.3 is 0 Å². The van der Waals surface area contributed by atoms with Gasteiger partial charge in [-0.15, -0.1) is 0 Å². The van der Waals surface area contributed by atoms with E-state index in [2.05, 4.69) is 39.4 Å². The molecule has 2 aromatic carbocycles. The zero-order valence-corrected chi connectivity index (χ0v) is 18.2. The number of aliphatic hydroxyl groups is 2. The molecule has 172 valence electrons. The highest BCUT2D eigenvalue weighted by Gasteiger charge is 2.24. The second kappa shape index (κ2) is 10.7. The monoisotopic (exact) mass is 441 g/mol. The van der Waals surface area contributed by atoms with E-state index >= 15 is 0 Å². The molecular weight excluding hydrogens is 410 g/mol. The van der Waals surface area contributed by atoms with Crippen molar-refractivity contribution in [3.05, 3.63) is 48.0 Å². The lowest BCUT2D eigenvalue weighted by molar-refractivity contribution is -0.116. The third-order valence-electron chi connectivity index (χ3n) is 5.84. The number of hydrogen-bond acceptors (Lipinski definition) is 7. The van der Waals surface area contributed by atoms with E-state index in [1.165, 1.54) is 5.69 Å². The van der Waals surface area contributed by atoms with Crippen LogP contribution >= 0.6 is 0 Å². The van der Waals surface area contributed by atoms with Crippen LogP contribution in [0, 0.1) is 0 Å². The summed E-state index contributed by atoms with van der Waals surface area (Å²) >= 11 is 0. The second-order valence-electron chi connectivity index (χ2n) is 8.12. The molecule has 0 radical (unpaired) electrons. The summed E-state index contributed by atoms with van der Waals surface area (Å²) in [5.41, 5.74) is 2.70. The van der Waals surface area contributed by atoms with Crippen LogP contribution in [0.1, 0.15) is 12.0 Å². The highest BCUT2D eigenvalue weighted by Crippen LogP contribution is 2.39. The number of para-hydroxylation sites is 1. The van der Waals surface area contributed by atoms with Crippen LogP contribution in [0.25, 0.3) is 0 Å². The van der Waals surface area contributed by atoms with Crippen LogP contribution in [0.3, 0.4) is 0 Å². The Morgan fingerprint density at radius 1 is 0.969 bits per heavy atom. The molecule has 2 aliphatic rings. The van der Waals surface area contributed by atoms with E-state index in [4.69, 9.17) is 14.6 Å². The summed E-state index contributed by atoms with van der Waals surface area (Å²) in [4.78, 5) is 16.5. The second-order valence-corrected chi connectivity index (χ2v) is 8.12. The van der Waals surface area contributed by atoms with Crippen molar-refractivity contribution in [2.24, 2.45) is 0 Å². The Labute approximate surface area is 188 Å². The third-order valence-corrected chi connectivity index (χ3v) is 5.84. The van der Waals surface area contributed by atoms with Gasteiger partial charge in [0.1, 0.15) is 30.8 Å². The Hall–Kier alpha value is -2.81. The van der Waals surface area contributed by atoms with Crippen molar-refractivity contribution in [1.29, 1.82) is 0 Å². The number of nitrogens with one attached hydrogen (secondary N) is 1. The first-order valence-corrected chi connectivity index (χ1v) is 11.2. The predicted molar refractivity (Wildman–Crippen MR) is 123 cm³/mol. The van der Waals surface area contributed by atoms with Gasteiger partial charge in [-0.1, -0.05) is 18.2 Å². The van der Waals surface area contributed by atoms with Crippen molar-refractivity contribution in [2.45, 2.75) is 18.9 Å². The number of rotatable bonds is 9. The molecule has 8 nitrogen and oxygen atoms in total. The molecule has 1 saturated heterocycles. The lowest BCUT2D eigenvalue weighted by atomic mass is 10.0. The number of β-amino-alcohol motifs (C(OH)–C–C–N with tert-alkyl or cyclic N) is 1. The van der Waals surface area contributed by atoms with Gasteiger partial charge in [-0.25, -0.2) is 0 Å². The Morgan fingerprint density at radius 2 is 1.72 bits per heavy atom. The summed E-state index contributed by atoms with van der Waals surface area (Å²) in [5.74, 6) is 1.09. The Kier molecular flexibility index (Phi) is 7.47. The molecule has 0 aromatic heterocycles. The van der Waals surface area contributed by atoms with Gasteiger partial charge in [0.05, 0.1) is 12.3 Å². The number of carbonyl (C=O) groups excluding carboxylic acids is 1. The SMILES string of the molecule is O=C1CCc2c(OCC(O)CN3CCN(c4ccccc4)CC3)ccc(OCCO)c2N1. The van der Waals surface area contributed by atoms with Gasteiger partial charge in [0.25, 0.3) is 0 Å². The lowest BCUT2D eigenvalue weighted by Crippen LogP contribution is -2.49. The van der Waals surface area contributed by atoms with Crippen LogP contribution < -0.4 is 19.7 Å². The molecule has 8 heteroatoms. The first-order chi connectivity index (χ1) is 15.6. The van der Waals surface area contributed by atoms with Crippen molar-refractivity contribution >= 4 is 17.3 Å². The molecule has 3 N–H and O–H groups in total. The fourth-order valence-corrected chi connectivity index (χ4v) is 4.21. The van der Waals surface area contributed by atoms with E-state index in [1.54, 1.807) is 12.1 Å². The van der Waals surface area contributed by atoms with Crippen molar-refractivity contribution < 1.29 is 24.5 Å². The minimum atomic E-state index is -0.613. The number of fused-ring (bicyclic) bond motifs is 1. The minimum Gasteiger partial charge on any atom is -0.490 e. The average Bonchev–Trinajstić information content (AvgIpc) is 2.82. The van der Waals surface area contributed by atoms with Gasteiger partial charge in [0.15, 0.2) is 0 Å². The molecule has 1 fully saturated rings. The number of amides is 1. The Morgan fingerprint density at radius 3 is 2.47 bits per heavy atom. The molecule has 2 aliphatic heterocycles. The number of benzene rings is 2. The van der Waals surface area contributed by atoms with Gasteiger partial charge in [0.2, 0.25) is 5.91 Å². The zero-order chi connectivity index (χ0) is 22.3. The first kappa shape index (κ1) is 22.4.